The van der Waals surface area contributed by atoms with Crippen molar-refractivity contribution >= 4 is 23.4 Å². The molecule has 104 valence electrons. The number of hydrogen-bond acceptors (Lipinski definition) is 6. The van der Waals surface area contributed by atoms with Gasteiger partial charge in [0, 0.05) is 6.42 Å². The van der Waals surface area contributed by atoms with E-state index in [-0.39, 0.29) is 18.3 Å². The number of anilines is 1. The number of guanidine groups is 1. The summed E-state index contributed by atoms with van der Waals surface area (Å²) < 4.78 is 7.62. The number of nitrogens with one attached hydrogen (secondary N) is 1. The second-order valence-corrected chi connectivity index (χ2v) is 5.11. The number of aromatic nitrogens is 2. The maximum Gasteiger partial charge on any atom is 0.196 e. The molecule has 0 aliphatic carbocycles. The van der Waals surface area contributed by atoms with Gasteiger partial charge in [0.2, 0.25) is 0 Å². The first-order chi connectivity index (χ1) is 9.10. The van der Waals surface area contributed by atoms with E-state index in [9.17, 15) is 5.11 Å². The van der Waals surface area contributed by atoms with Crippen LogP contribution in [0.4, 0.5) is 5.82 Å². The van der Waals surface area contributed by atoms with Gasteiger partial charge in [0.25, 0.3) is 0 Å². The highest BCUT2D eigenvalue weighted by Gasteiger charge is 2.36. The molecule has 0 amide bonds. The van der Waals surface area contributed by atoms with Gasteiger partial charge < -0.3 is 20.9 Å². The molecule has 3 heterocycles. The molecular weight excluding hydrogens is 270 g/mol. The summed E-state index contributed by atoms with van der Waals surface area (Å²) in [5.74, 6) is 0.932. The molecule has 1 fully saturated rings. The third kappa shape index (κ3) is 2.07. The van der Waals surface area contributed by atoms with Crippen molar-refractivity contribution in [2.75, 3.05) is 5.32 Å². The normalized spacial score (nSPS) is 33.7. The molecule has 1 aromatic heterocycles. The van der Waals surface area contributed by atoms with E-state index in [4.69, 9.17) is 22.1 Å². The van der Waals surface area contributed by atoms with Gasteiger partial charge in [-0.3, -0.25) is 4.57 Å². The van der Waals surface area contributed by atoms with E-state index >= 15 is 0 Å². The summed E-state index contributed by atoms with van der Waals surface area (Å²) in [5.41, 5.74) is 5.70. The zero-order valence-corrected chi connectivity index (χ0v) is 11.2. The molecule has 1 aromatic rings. The molecule has 2 aliphatic rings. The highest BCUT2D eigenvalue weighted by Crippen LogP contribution is 2.37. The van der Waals surface area contributed by atoms with E-state index in [1.807, 2.05) is 11.5 Å². The standard InChI is InChI=1S/C11H16ClN5O2/c1-2-6-5(18)3-7(19-6)17-4-14-8-9(12)15-11(13)16-10(8)17/h4-7,9,18H,2-3H2,1H3,(H3,13,15,16). The number of rotatable bonds is 2. The molecule has 2 aliphatic heterocycles. The number of halogens is 1. The molecule has 0 aromatic carbocycles. The van der Waals surface area contributed by atoms with Gasteiger partial charge in [0.05, 0.1) is 18.5 Å². The number of alkyl halides is 1. The molecular formula is C11H16ClN5O2. The Bertz CT molecular complexity index is 517. The number of imidazole rings is 1. The molecule has 7 nitrogen and oxygen atoms in total. The third-order valence-corrected chi connectivity index (χ3v) is 3.77. The number of ether oxygens (including phenoxy) is 1. The van der Waals surface area contributed by atoms with E-state index in [0.29, 0.717) is 17.9 Å². The summed E-state index contributed by atoms with van der Waals surface area (Å²) >= 11 is 6.07. The maximum absolute atomic E-state index is 9.91. The number of aliphatic imine (C=N–C) groups is 1. The SMILES string of the molecule is CCC1OC(n2cnc3c2NC(N)=NC3Cl)CC1O. The molecule has 0 spiro atoms. The summed E-state index contributed by atoms with van der Waals surface area (Å²) in [7, 11) is 0. The minimum atomic E-state index is -0.592. The number of aliphatic hydroxyl groups excluding tert-OH is 1. The number of aliphatic hydroxyl groups is 1. The van der Waals surface area contributed by atoms with E-state index in [2.05, 4.69) is 15.3 Å². The van der Waals surface area contributed by atoms with Crippen molar-refractivity contribution in [3.63, 3.8) is 0 Å². The van der Waals surface area contributed by atoms with Crippen LogP contribution in [0.15, 0.2) is 11.3 Å². The van der Waals surface area contributed by atoms with Crippen LogP contribution in [0.1, 0.15) is 37.2 Å². The van der Waals surface area contributed by atoms with E-state index in [1.165, 1.54) is 0 Å². The Morgan fingerprint density at radius 1 is 1.68 bits per heavy atom. The van der Waals surface area contributed by atoms with Crippen LogP contribution in [0.2, 0.25) is 0 Å². The van der Waals surface area contributed by atoms with Gasteiger partial charge in [-0.25, -0.2) is 9.98 Å². The van der Waals surface area contributed by atoms with Crippen LogP contribution < -0.4 is 11.1 Å². The van der Waals surface area contributed by atoms with Crippen LogP contribution in [0.3, 0.4) is 0 Å². The number of nitrogens with two attached hydrogens (primary N) is 1. The van der Waals surface area contributed by atoms with Crippen molar-refractivity contribution in [1.82, 2.24) is 9.55 Å². The van der Waals surface area contributed by atoms with Gasteiger partial charge in [-0.05, 0) is 6.42 Å². The fourth-order valence-corrected chi connectivity index (χ4v) is 2.75. The van der Waals surface area contributed by atoms with Gasteiger partial charge in [-0.2, -0.15) is 0 Å². The quantitative estimate of drug-likeness (QED) is 0.554. The molecule has 0 bridgehead atoms. The van der Waals surface area contributed by atoms with E-state index in [0.717, 1.165) is 6.42 Å². The number of nitrogens with zero attached hydrogens (tertiary/aromatic N) is 3. The lowest BCUT2D eigenvalue weighted by molar-refractivity contribution is -0.0189. The van der Waals surface area contributed by atoms with Crippen molar-refractivity contribution in [3.05, 3.63) is 12.0 Å². The lowest BCUT2D eigenvalue weighted by Gasteiger charge is -2.20. The lowest BCUT2D eigenvalue weighted by Crippen LogP contribution is -2.29. The van der Waals surface area contributed by atoms with Gasteiger partial charge >= 0.3 is 0 Å². The van der Waals surface area contributed by atoms with Crippen LogP contribution in [0.25, 0.3) is 0 Å². The average molecular weight is 286 g/mol. The Morgan fingerprint density at radius 3 is 3.16 bits per heavy atom. The first-order valence-corrected chi connectivity index (χ1v) is 6.68. The lowest BCUT2D eigenvalue weighted by atomic mass is 10.1. The molecule has 1 saturated heterocycles. The van der Waals surface area contributed by atoms with Gasteiger partial charge in [0.15, 0.2) is 11.5 Å². The predicted octanol–water partition coefficient (Wildman–Crippen LogP) is 0.919. The minimum absolute atomic E-state index is 0.149. The van der Waals surface area contributed by atoms with Crippen LogP contribution in [0.5, 0.6) is 0 Å². The van der Waals surface area contributed by atoms with Crippen LogP contribution in [-0.2, 0) is 4.74 Å². The molecule has 4 unspecified atom stereocenters. The Kier molecular flexibility index (Phi) is 3.12. The smallest absolute Gasteiger partial charge is 0.196 e. The number of hydrogen-bond donors (Lipinski definition) is 3. The van der Waals surface area contributed by atoms with Crippen molar-refractivity contribution in [2.24, 2.45) is 10.7 Å². The van der Waals surface area contributed by atoms with Crippen molar-refractivity contribution in [1.29, 1.82) is 0 Å². The van der Waals surface area contributed by atoms with Gasteiger partial charge in [0.1, 0.15) is 17.7 Å². The van der Waals surface area contributed by atoms with Gasteiger partial charge in [-0.1, -0.05) is 18.5 Å². The molecule has 4 atom stereocenters. The summed E-state index contributed by atoms with van der Waals surface area (Å²) in [4.78, 5) is 8.23. The average Bonchev–Trinajstić information content (AvgIpc) is 2.92. The molecule has 3 rings (SSSR count). The van der Waals surface area contributed by atoms with Crippen molar-refractivity contribution < 1.29 is 9.84 Å². The fourth-order valence-electron chi connectivity index (χ4n) is 2.49. The largest absolute Gasteiger partial charge is 0.390 e. The minimum Gasteiger partial charge on any atom is -0.390 e. The van der Waals surface area contributed by atoms with Crippen LogP contribution >= 0.6 is 11.6 Å². The molecule has 0 radical (unpaired) electrons. The highest BCUT2D eigenvalue weighted by molar-refractivity contribution is 6.22. The number of fused-ring (bicyclic) bond motifs is 1. The Balaban J connectivity index is 1.89. The molecule has 19 heavy (non-hydrogen) atoms. The maximum atomic E-state index is 9.91. The second kappa shape index (κ2) is 4.66. The third-order valence-electron chi connectivity index (χ3n) is 3.46. The van der Waals surface area contributed by atoms with Crippen LogP contribution in [0, 0.1) is 0 Å². The molecule has 0 saturated carbocycles. The molecule has 8 heteroatoms. The summed E-state index contributed by atoms with van der Waals surface area (Å²) in [6.07, 6.45) is 2.05. The zero-order chi connectivity index (χ0) is 13.6. The second-order valence-electron chi connectivity index (χ2n) is 4.70. The van der Waals surface area contributed by atoms with Crippen molar-refractivity contribution in [2.45, 2.75) is 43.7 Å². The summed E-state index contributed by atoms with van der Waals surface area (Å²) in [5, 5.41) is 12.9. The van der Waals surface area contributed by atoms with E-state index in [1.54, 1.807) is 6.33 Å². The monoisotopic (exact) mass is 285 g/mol. The van der Waals surface area contributed by atoms with Crippen molar-refractivity contribution in [3.8, 4) is 0 Å². The Morgan fingerprint density at radius 2 is 2.47 bits per heavy atom. The van der Waals surface area contributed by atoms with E-state index < -0.39 is 11.6 Å². The highest BCUT2D eigenvalue weighted by atomic mass is 35.5. The first-order valence-electron chi connectivity index (χ1n) is 6.24. The van der Waals surface area contributed by atoms with Gasteiger partial charge in [-0.15, -0.1) is 0 Å². The fraction of sp³-hybridized carbons (Fsp3) is 0.636. The molecule has 4 N–H and O–H groups in total. The topological polar surface area (TPSA) is 97.7 Å². The predicted molar refractivity (Wildman–Crippen MR) is 70.9 cm³/mol. The summed E-state index contributed by atoms with van der Waals surface area (Å²) in [6, 6.07) is 0. The van der Waals surface area contributed by atoms with Crippen LogP contribution in [-0.4, -0.2) is 32.8 Å². The summed E-state index contributed by atoms with van der Waals surface area (Å²) in [6.45, 7) is 1.98. The zero-order valence-electron chi connectivity index (χ0n) is 10.5. The Hall–Kier alpha value is -1.31. The first kappa shape index (κ1) is 12.7. The Labute approximate surface area is 115 Å².